The first-order valence-electron chi connectivity index (χ1n) is 5.27. The quantitative estimate of drug-likeness (QED) is 0.813. The first kappa shape index (κ1) is 13.4. The van der Waals surface area contributed by atoms with Crippen LogP contribution in [0.2, 0.25) is 0 Å². The average molecular weight is 243 g/mol. The van der Waals surface area contributed by atoms with Gasteiger partial charge < -0.3 is 9.64 Å². The summed E-state index contributed by atoms with van der Waals surface area (Å²) >= 11 is 0. The van der Waals surface area contributed by atoms with Crippen LogP contribution in [0.4, 0.5) is 13.6 Å². The van der Waals surface area contributed by atoms with E-state index >= 15 is 0 Å². The zero-order valence-electron chi connectivity index (χ0n) is 9.82. The monoisotopic (exact) mass is 243 g/mol. The molecule has 0 fully saturated rings. The van der Waals surface area contributed by atoms with Crippen molar-refractivity contribution in [3.8, 4) is 0 Å². The van der Waals surface area contributed by atoms with E-state index in [0.717, 1.165) is 5.56 Å². The fourth-order valence-corrected chi connectivity index (χ4v) is 1.35. The van der Waals surface area contributed by atoms with Gasteiger partial charge in [-0.1, -0.05) is 12.1 Å². The molecule has 3 nitrogen and oxygen atoms in total. The second-order valence-corrected chi connectivity index (χ2v) is 3.64. The molecule has 1 atom stereocenters. The number of amides is 1. The van der Waals surface area contributed by atoms with Crippen LogP contribution in [0.3, 0.4) is 0 Å². The lowest BCUT2D eigenvalue weighted by Gasteiger charge is -2.24. The molecule has 1 aromatic rings. The molecule has 0 bridgehead atoms. The first-order valence-corrected chi connectivity index (χ1v) is 5.27. The van der Waals surface area contributed by atoms with Crippen molar-refractivity contribution in [2.75, 3.05) is 20.3 Å². The first-order chi connectivity index (χ1) is 8.06. The molecular formula is C12H15F2NO2. The van der Waals surface area contributed by atoms with Crippen molar-refractivity contribution >= 4 is 6.09 Å². The lowest BCUT2D eigenvalue weighted by Crippen LogP contribution is -2.30. The largest absolute Gasteiger partial charge is 0.447 e. The average Bonchev–Trinajstić information content (AvgIpc) is 2.35. The van der Waals surface area contributed by atoms with Crippen LogP contribution in [0.25, 0.3) is 0 Å². The lowest BCUT2D eigenvalue weighted by atomic mass is 10.1. The number of hydrogen-bond acceptors (Lipinski definition) is 2. The van der Waals surface area contributed by atoms with Gasteiger partial charge in [0.1, 0.15) is 19.1 Å². The highest BCUT2D eigenvalue weighted by Gasteiger charge is 2.18. The lowest BCUT2D eigenvalue weighted by molar-refractivity contribution is 0.0936. The maximum absolute atomic E-state index is 12.7. The molecule has 1 unspecified atom stereocenters. The summed E-state index contributed by atoms with van der Waals surface area (Å²) in [6.45, 7) is 0.827. The van der Waals surface area contributed by atoms with Crippen molar-refractivity contribution in [3.05, 3.63) is 35.6 Å². The minimum Gasteiger partial charge on any atom is -0.447 e. The van der Waals surface area contributed by atoms with Gasteiger partial charge in [-0.05, 0) is 24.6 Å². The number of hydrogen-bond donors (Lipinski definition) is 0. The zero-order chi connectivity index (χ0) is 12.8. The summed E-state index contributed by atoms with van der Waals surface area (Å²) in [4.78, 5) is 12.8. The highest BCUT2D eigenvalue weighted by molar-refractivity contribution is 5.67. The summed E-state index contributed by atoms with van der Waals surface area (Å²) in [6.07, 6.45) is -0.598. The molecule has 0 saturated carbocycles. The summed E-state index contributed by atoms with van der Waals surface area (Å²) in [5.74, 6) is -0.330. The molecule has 0 heterocycles. The molecule has 0 aliphatic carbocycles. The van der Waals surface area contributed by atoms with E-state index < -0.39 is 12.8 Å². The van der Waals surface area contributed by atoms with E-state index in [9.17, 15) is 13.6 Å². The number of benzene rings is 1. The molecule has 0 aromatic heterocycles. The van der Waals surface area contributed by atoms with Gasteiger partial charge in [-0.3, -0.25) is 0 Å². The summed E-state index contributed by atoms with van der Waals surface area (Å²) in [7, 11) is 1.55. The molecular weight excluding hydrogens is 228 g/mol. The fraction of sp³-hybridized carbons (Fsp3) is 0.417. The van der Waals surface area contributed by atoms with Crippen molar-refractivity contribution in [1.29, 1.82) is 0 Å². The van der Waals surface area contributed by atoms with Gasteiger partial charge in [-0.2, -0.15) is 0 Å². The Hall–Kier alpha value is -1.65. The number of ether oxygens (including phenoxy) is 1. The highest BCUT2D eigenvalue weighted by Crippen LogP contribution is 2.19. The molecule has 0 aliphatic heterocycles. The van der Waals surface area contributed by atoms with Crippen LogP contribution in [-0.2, 0) is 4.74 Å². The van der Waals surface area contributed by atoms with Crippen LogP contribution in [-0.4, -0.2) is 31.3 Å². The Morgan fingerprint density at radius 3 is 2.53 bits per heavy atom. The molecule has 0 saturated heterocycles. The predicted molar refractivity (Wildman–Crippen MR) is 59.9 cm³/mol. The predicted octanol–water partition coefficient (Wildman–Crippen LogP) is 2.92. The Balaban J connectivity index is 2.65. The van der Waals surface area contributed by atoms with Crippen LogP contribution in [0.1, 0.15) is 18.5 Å². The summed E-state index contributed by atoms with van der Waals surface area (Å²) < 4.78 is 29.2. The van der Waals surface area contributed by atoms with Gasteiger partial charge in [0, 0.05) is 7.05 Å². The minimum atomic E-state index is -0.704. The number of carbonyl (C=O) groups is 1. The number of alkyl halides is 1. The van der Waals surface area contributed by atoms with Crippen LogP contribution in [0.15, 0.2) is 24.3 Å². The Bertz CT molecular complexity index is 367. The van der Waals surface area contributed by atoms with E-state index in [4.69, 9.17) is 0 Å². The van der Waals surface area contributed by atoms with Crippen molar-refractivity contribution in [3.63, 3.8) is 0 Å². The molecule has 1 rings (SSSR count). The molecule has 0 radical (unpaired) electrons. The third kappa shape index (κ3) is 3.69. The maximum atomic E-state index is 12.7. The molecule has 1 aromatic carbocycles. The molecule has 0 spiro atoms. The highest BCUT2D eigenvalue weighted by atomic mass is 19.1. The maximum Gasteiger partial charge on any atom is 0.410 e. The topological polar surface area (TPSA) is 29.5 Å². The number of nitrogens with zero attached hydrogens (tertiary/aromatic N) is 1. The van der Waals surface area contributed by atoms with E-state index in [-0.39, 0.29) is 18.5 Å². The van der Waals surface area contributed by atoms with Crippen LogP contribution in [0.5, 0.6) is 0 Å². The summed E-state index contributed by atoms with van der Waals surface area (Å²) in [6, 6.07) is 5.58. The van der Waals surface area contributed by atoms with E-state index in [0.29, 0.717) is 0 Å². The number of halogens is 2. The van der Waals surface area contributed by atoms with Gasteiger partial charge in [-0.15, -0.1) is 0 Å². The van der Waals surface area contributed by atoms with Gasteiger partial charge in [-0.25, -0.2) is 13.6 Å². The Kier molecular flexibility index (Phi) is 4.87. The smallest absolute Gasteiger partial charge is 0.410 e. The Morgan fingerprint density at radius 1 is 1.41 bits per heavy atom. The van der Waals surface area contributed by atoms with Crippen molar-refractivity contribution in [2.24, 2.45) is 0 Å². The van der Waals surface area contributed by atoms with E-state index in [1.54, 1.807) is 26.1 Å². The summed E-state index contributed by atoms with van der Waals surface area (Å²) in [5, 5.41) is 0. The summed E-state index contributed by atoms with van der Waals surface area (Å²) in [5.41, 5.74) is 0.783. The van der Waals surface area contributed by atoms with E-state index in [1.807, 2.05) is 0 Å². The minimum absolute atomic E-state index is 0.251. The number of carbonyl (C=O) groups excluding carboxylic acids is 1. The van der Waals surface area contributed by atoms with Crippen molar-refractivity contribution in [2.45, 2.75) is 13.0 Å². The fourth-order valence-electron chi connectivity index (χ4n) is 1.35. The van der Waals surface area contributed by atoms with Gasteiger partial charge in [0.25, 0.3) is 0 Å². The second kappa shape index (κ2) is 6.18. The van der Waals surface area contributed by atoms with E-state index in [2.05, 4.69) is 4.74 Å². The SMILES string of the molecule is CC(c1ccc(F)cc1)N(C)C(=O)OCCF. The molecule has 17 heavy (non-hydrogen) atoms. The van der Waals surface area contributed by atoms with Crippen LogP contribution >= 0.6 is 0 Å². The van der Waals surface area contributed by atoms with Gasteiger partial charge in [0.2, 0.25) is 0 Å². The normalized spacial score (nSPS) is 12.0. The molecule has 1 amide bonds. The molecule has 94 valence electrons. The molecule has 0 N–H and O–H groups in total. The van der Waals surface area contributed by atoms with Gasteiger partial charge >= 0.3 is 6.09 Å². The molecule has 0 aliphatic rings. The van der Waals surface area contributed by atoms with Crippen LogP contribution < -0.4 is 0 Å². The standard InChI is InChI=1S/C12H15F2NO2/c1-9(10-3-5-11(14)6-4-10)15(2)12(16)17-8-7-13/h3-6,9H,7-8H2,1-2H3. The second-order valence-electron chi connectivity index (χ2n) is 3.64. The van der Waals surface area contributed by atoms with Crippen LogP contribution in [0, 0.1) is 5.82 Å². The third-order valence-corrected chi connectivity index (χ3v) is 2.52. The zero-order valence-corrected chi connectivity index (χ0v) is 9.82. The Labute approximate surface area is 99.0 Å². The van der Waals surface area contributed by atoms with Gasteiger partial charge in [0.15, 0.2) is 0 Å². The Morgan fingerprint density at radius 2 is 2.00 bits per heavy atom. The van der Waals surface area contributed by atoms with Crippen molar-refractivity contribution < 1.29 is 18.3 Å². The molecule has 5 heteroatoms. The van der Waals surface area contributed by atoms with E-state index in [1.165, 1.54) is 17.0 Å². The van der Waals surface area contributed by atoms with Gasteiger partial charge in [0.05, 0.1) is 6.04 Å². The van der Waals surface area contributed by atoms with Crippen molar-refractivity contribution in [1.82, 2.24) is 4.90 Å². The third-order valence-electron chi connectivity index (χ3n) is 2.52. The number of rotatable bonds is 4.